The molecule has 0 unspecified atom stereocenters. The summed E-state index contributed by atoms with van der Waals surface area (Å²) in [6, 6.07) is 3.23. The van der Waals surface area contributed by atoms with Crippen molar-refractivity contribution in [2.75, 3.05) is 6.54 Å². The van der Waals surface area contributed by atoms with Gasteiger partial charge in [0, 0.05) is 10.7 Å². The molecule has 1 rings (SSSR count). The summed E-state index contributed by atoms with van der Waals surface area (Å²) in [5.74, 6) is -1.01. The first-order valence-corrected chi connectivity index (χ1v) is 4.57. The van der Waals surface area contributed by atoms with Crippen LogP contribution in [0.1, 0.15) is 10.5 Å². The SMILES string of the molecule is NC(=O)CNC(=O)c1ccc(Br)cn1. The summed E-state index contributed by atoms with van der Waals surface area (Å²) in [5.41, 5.74) is 5.11. The number of rotatable bonds is 3. The Morgan fingerprint density at radius 2 is 2.21 bits per heavy atom. The van der Waals surface area contributed by atoms with E-state index in [1.807, 2.05) is 0 Å². The zero-order valence-electron chi connectivity index (χ0n) is 7.16. The molecule has 5 nitrogen and oxygen atoms in total. The maximum absolute atomic E-state index is 11.3. The van der Waals surface area contributed by atoms with Crippen LogP contribution in [0.5, 0.6) is 0 Å². The minimum Gasteiger partial charge on any atom is -0.368 e. The lowest BCUT2D eigenvalue weighted by atomic mass is 10.3. The predicted molar refractivity (Wildman–Crippen MR) is 53.5 cm³/mol. The van der Waals surface area contributed by atoms with Crippen LogP contribution in [-0.2, 0) is 4.79 Å². The van der Waals surface area contributed by atoms with E-state index in [0.717, 1.165) is 4.47 Å². The number of aromatic nitrogens is 1. The lowest BCUT2D eigenvalue weighted by molar-refractivity contribution is -0.117. The molecule has 1 aromatic heterocycles. The zero-order chi connectivity index (χ0) is 10.6. The molecule has 0 radical (unpaired) electrons. The second-order valence-corrected chi connectivity index (χ2v) is 3.43. The first kappa shape index (κ1) is 10.6. The normalized spacial score (nSPS) is 9.50. The van der Waals surface area contributed by atoms with E-state index in [1.54, 1.807) is 12.1 Å². The second-order valence-electron chi connectivity index (χ2n) is 2.51. The van der Waals surface area contributed by atoms with Gasteiger partial charge in [-0.2, -0.15) is 0 Å². The van der Waals surface area contributed by atoms with Gasteiger partial charge in [-0.05, 0) is 28.1 Å². The summed E-state index contributed by atoms with van der Waals surface area (Å²) < 4.78 is 0.781. The van der Waals surface area contributed by atoms with Gasteiger partial charge in [0.15, 0.2) is 0 Å². The molecule has 0 saturated heterocycles. The summed E-state index contributed by atoms with van der Waals surface area (Å²) in [6.45, 7) is -0.184. The number of halogens is 1. The molecule has 0 fully saturated rings. The lowest BCUT2D eigenvalue weighted by Crippen LogP contribution is -2.33. The van der Waals surface area contributed by atoms with Crippen LogP contribution in [0.25, 0.3) is 0 Å². The molecule has 0 bridgehead atoms. The van der Waals surface area contributed by atoms with Gasteiger partial charge < -0.3 is 11.1 Å². The molecule has 2 amide bonds. The van der Waals surface area contributed by atoms with Gasteiger partial charge in [0.2, 0.25) is 5.91 Å². The molecule has 14 heavy (non-hydrogen) atoms. The molecule has 0 spiro atoms. The topological polar surface area (TPSA) is 85.1 Å². The summed E-state index contributed by atoms with van der Waals surface area (Å²) in [4.78, 5) is 25.5. The van der Waals surface area contributed by atoms with Gasteiger partial charge in [-0.15, -0.1) is 0 Å². The van der Waals surface area contributed by atoms with Crippen molar-refractivity contribution in [3.8, 4) is 0 Å². The average molecular weight is 258 g/mol. The highest BCUT2D eigenvalue weighted by atomic mass is 79.9. The van der Waals surface area contributed by atoms with Gasteiger partial charge in [0.1, 0.15) is 5.69 Å². The van der Waals surface area contributed by atoms with Crippen molar-refractivity contribution in [2.24, 2.45) is 5.73 Å². The van der Waals surface area contributed by atoms with E-state index in [0.29, 0.717) is 0 Å². The molecule has 1 aromatic rings. The Hall–Kier alpha value is -1.43. The Morgan fingerprint density at radius 3 is 2.71 bits per heavy atom. The minimum atomic E-state index is -0.588. The molecule has 0 aromatic carbocycles. The number of nitrogens with two attached hydrogens (primary N) is 1. The van der Waals surface area contributed by atoms with Gasteiger partial charge in [-0.1, -0.05) is 0 Å². The van der Waals surface area contributed by atoms with Crippen LogP contribution in [0, 0.1) is 0 Å². The van der Waals surface area contributed by atoms with Crippen molar-refractivity contribution >= 4 is 27.7 Å². The highest BCUT2D eigenvalue weighted by Gasteiger charge is 2.06. The molecule has 0 saturated carbocycles. The third-order valence-electron chi connectivity index (χ3n) is 1.38. The number of carbonyl (C=O) groups is 2. The van der Waals surface area contributed by atoms with E-state index < -0.39 is 11.8 Å². The van der Waals surface area contributed by atoms with E-state index in [4.69, 9.17) is 5.73 Å². The van der Waals surface area contributed by atoms with Gasteiger partial charge in [0.05, 0.1) is 6.54 Å². The number of hydrogen-bond donors (Lipinski definition) is 2. The monoisotopic (exact) mass is 257 g/mol. The Kier molecular flexibility index (Phi) is 3.58. The van der Waals surface area contributed by atoms with Crippen molar-refractivity contribution in [1.82, 2.24) is 10.3 Å². The van der Waals surface area contributed by atoms with E-state index in [2.05, 4.69) is 26.2 Å². The number of amides is 2. The van der Waals surface area contributed by atoms with Gasteiger partial charge in [-0.25, -0.2) is 4.98 Å². The minimum absolute atomic E-state index is 0.184. The number of pyridine rings is 1. The number of nitrogens with zero attached hydrogens (tertiary/aromatic N) is 1. The second kappa shape index (κ2) is 4.71. The molecular formula is C8H8BrN3O2. The summed E-state index contributed by atoms with van der Waals surface area (Å²) in [5, 5.41) is 2.33. The first-order chi connectivity index (χ1) is 6.59. The molecule has 0 aliphatic rings. The van der Waals surface area contributed by atoms with E-state index in [-0.39, 0.29) is 12.2 Å². The summed E-state index contributed by atoms with van der Waals surface area (Å²) in [7, 11) is 0. The average Bonchev–Trinajstić information content (AvgIpc) is 2.15. The molecule has 74 valence electrons. The molecule has 3 N–H and O–H groups in total. The van der Waals surface area contributed by atoms with Gasteiger partial charge >= 0.3 is 0 Å². The Labute approximate surface area is 88.8 Å². The molecule has 6 heteroatoms. The van der Waals surface area contributed by atoms with Crippen LogP contribution in [0.15, 0.2) is 22.8 Å². The number of carbonyl (C=O) groups excluding carboxylic acids is 2. The van der Waals surface area contributed by atoms with Crippen LogP contribution in [-0.4, -0.2) is 23.3 Å². The fraction of sp³-hybridized carbons (Fsp3) is 0.125. The Morgan fingerprint density at radius 1 is 1.50 bits per heavy atom. The first-order valence-electron chi connectivity index (χ1n) is 3.77. The molecule has 1 heterocycles. The van der Waals surface area contributed by atoms with Crippen LogP contribution in [0.2, 0.25) is 0 Å². The maximum Gasteiger partial charge on any atom is 0.270 e. The highest BCUT2D eigenvalue weighted by molar-refractivity contribution is 9.10. The fourth-order valence-corrected chi connectivity index (χ4v) is 1.00. The lowest BCUT2D eigenvalue weighted by Gasteiger charge is -2.01. The number of hydrogen-bond acceptors (Lipinski definition) is 3. The summed E-state index contributed by atoms with van der Waals surface area (Å²) >= 11 is 3.19. The molecule has 0 aliphatic carbocycles. The maximum atomic E-state index is 11.3. The standard InChI is InChI=1S/C8H8BrN3O2/c9-5-1-2-6(11-3-5)8(14)12-4-7(10)13/h1-3H,4H2,(H2,10,13)(H,12,14). The van der Waals surface area contributed by atoms with Crippen LogP contribution >= 0.6 is 15.9 Å². The van der Waals surface area contributed by atoms with Crippen molar-refractivity contribution in [1.29, 1.82) is 0 Å². The Balaban J connectivity index is 2.61. The zero-order valence-corrected chi connectivity index (χ0v) is 8.74. The summed E-state index contributed by atoms with van der Waals surface area (Å²) in [6.07, 6.45) is 1.50. The number of nitrogens with one attached hydrogen (secondary N) is 1. The molecular weight excluding hydrogens is 250 g/mol. The van der Waals surface area contributed by atoms with E-state index in [1.165, 1.54) is 6.20 Å². The third-order valence-corrected chi connectivity index (χ3v) is 1.85. The molecule has 0 aliphatic heterocycles. The van der Waals surface area contributed by atoms with Crippen molar-refractivity contribution in [3.63, 3.8) is 0 Å². The number of primary amides is 1. The predicted octanol–water partition coefficient (Wildman–Crippen LogP) is 0.0592. The highest BCUT2D eigenvalue weighted by Crippen LogP contribution is 2.06. The van der Waals surface area contributed by atoms with E-state index in [9.17, 15) is 9.59 Å². The smallest absolute Gasteiger partial charge is 0.270 e. The van der Waals surface area contributed by atoms with Crippen molar-refractivity contribution in [2.45, 2.75) is 0 Å². The largest absolute Gasteiger partial charge is 0.368 e. The van der Waals surface area contributed by atoms with E-state index >= 15 is 0 Å². The Bertz CT molecular complexity index is 350. The quantitative estimate of drug-likeness (QED) is 0.803. The van der Waals surface area contributed by atoms with Gasteiger partial charge in [-0.3, -0.25) is 9.59 Å². The molecule has 0 atom stereocenters. The third kappa shape index (κ3) is 3.14. The fourth-order valence-electron chi connectivity index (χ4n) is 0.768. The van der Waals surface area contributed by atoms with Crippen molar-refractivity contribution in [3.05, 3.63) is 28.5 Å². The van der Waals surface area contributed by atoms with Crippen molar-refractivity contribution < 1.29 is 9.59 Å². The van der Waals surface area contributed by atoms with Gasteiger partial charge in [0.25, 0.3) is 5.91 Å². The van der Waals surface area contributed by atoms with Crippen LogP contribution in [0.4, 0.5) is 0 Å². The van der Waals surface area contributed by atoms with Crippen LogP contribution < -0.4 is 11.1 Å². The van der Waals surface area contributed by atoms with Crippen LogP contribution in [0.3, 0.4) is 0 Å².